The molecule has 0 spiro atoms. The maximum atomic E-state index is 8.70. The van der Waals surface area contributed by atoms with Crippen LogP contribution in [0.4, 0.5) is 0 Å². The van der Waals surface area contributed by atoms with E-state index in [0.717, 1.165) is 12.3 Å². The van der Waals surface area contributed by atoms with E-state index in [1.807, 2.05) is 7.05 Å². The van der Waals surface area contributed by atoms with Crippen molar-refractivity contribution in [1.82, 2.24) is 10.2 Å². The zero-order chi connectivity index (χ0) is 12.3. The van der Waals surface area contributed by atoms with Gasteiger partial charge in [-0.15, -0.1) is 0 Å². The van der Waals surface area contributed by atoms with E-state index < -0.39 is 0 Å². The number of likely N-dealkylation sites (tertiary alicyclic amines) is 1. The summed E-state index contributed by atoms with van der Waals surface area (Å²) in [5, 5.41) is 11.9. The van der Waals surface area contributed by atoms with E-state index in [9.17, 15) is 0 Å². The second kappa shape index (κ2) is 9.86. The summed E-state index contributed by atoms with van der Waals surface area (Å²) in [5.74, 6) is 0.952. The van der Waals surface area contributed by atoms with Crippen molar-refractivity contribution in [3.63, 3.8) is 0 Å². The van der Waals surface area contributed by atoms with Gasteiger partial charge in [0.2, 0.25) is 0 Å². The Hall–Kier alpha value is -0.120. The first-order valence-corrected chi connectivity index (χ1v) is 7.34. The topological polar surface area (TPSA) is 35.5 Å². The van der Waals surface area contributed by atoms with E-state index >= 15 is 0 Å². The quantitative estimate of drug-likeness (QED) is 0.606. The van der Waals surface area contributed by atoms with Crippen molar-refractivity contribution in [1.29, 1.82) is 0 Å². The fraction of sp³-hybridized carbons (Fsp3) is 1.00. The first-order valence-electron chi connectivity index (χ1n) is 7.34. The molecule has 0 aromatic rings. The van der Waals surface area contributed by atoms with Gasteiger partial charge in [-0.05, 0) is 71.2 Å². The monoisotopic (exact) mass is 242 g/mol. The van der Waals surface area contributed by atoms with Crippen molar-refractivity contribution < 1.29 is 5.11 Å². The van der Waals surface area contributed by atoms with Crippen LogP contribution in [0, 0.1) is 5.92 Å². The number of piperidine rings is 1. The first-order chi connectivity index (χ1) is 8.36. The first kappa shape index (κ1) is 14.9. The molecule has 3 nitrogen and oxygen atoms in total. The Bertz CT molecular complexity index is 165. The highest BCUT2D eigenvalue weighted by atomic mass is 16.2. The van der Waals surface area contributed by atoms with Crippen LogP contribution in [0.15, 0.2) is 0 Å². The lowest BCUT2D eigenvalue weighted by Gasteiger charge is -2.31. The van der Waals surface area contributed by atoms with E-state index in [-0.39, 0.29) is 0 Å². The number of unbranched alkanes of at least 4 members (excludes halogenated alkanes) is 3. The summed E-state index contributed by atoms with van der Waals surface area (Å²) in [4.78, 5) is 2.62. The smallest absolute Gasteiger partial charge is 0.0431 e. The SMILES string of the molecule is CNCCC1CCN(CCCCCCO)CC1. The third kappa shape index (κ3) is 7.02. The summed E-state index contributed by atoms with van der Waals surface area (Å²) < 4.78 is 0. The summed E-state index contributed by atoms with van der Waals surface area (Å²) >= 11 is 0. The van der Waals surface area contributed by atoms with E-state index in [2.05, 4.69) is 10.2 Å². The molecular formula is C14H30N2O. The van der Waals surface area contributed by atoms with E-state index in [1.165, 1.54) is 64.7 Å². The Labute approximate surface area is 107 Å². The van der Waals surface area contributed by atoms with Crippen LogP contribution < -0.4 is 5.32 Å². The van der Waals surface area contributed by atoms with Crippen LogP contribution in [-0.2, 0) is 0 Å². The van der Waals surface area contributed by atoms with Gasteiger partial charge in [-0.25, -0.2) is 0 Å². The molecule has 2 N–H and O–H groups in total. The van der Waals surface area contributed by atoms with Crippen molar-refractivity contribution in [2.45, 2.75) is 44.9 Å². The van der Waals surface area contributed by atoms with Crippen molar-refractivity contribution in [2.75, 3.05) is 39.8 Å². The van der Waals surface area contributed by atoms with Gasteiger partial charge in [0.25, 0.3) is 0 Å². The number of aliphatic hydroxyl groups excluding tert-OH is 1. The van der Waals surface area contributed by atoms with Crippen molar-refractivity contribution in [3.8, 4) is 0 Å². The molecule has 1 saturated heterocycles. The van der Waals surface area contributed by atoms with Gasteiger partial charge in [0.1, 0.15) is 0 Å². The maximum Gasteiger partial charge on any atom is 0.0431 e. The van der Waals surface area contributed by atoms with Gasteiger partial charge in [-0.3, -0.25) is 0 Å². The van der Waals surface area contributed by atoms with Gasteiger partial charge in [0.05, 0.1) is 0 Å². The summed E-state index contributed by atoms with van der Waals surface area (Å²) in [5.41, 5.74) is 0. The van der Waals surface area contributed by atoms with E-state index in [1.54, 1.807) is 0 Å². The molecule has 1 fully saturated rings. The van der Waals surface area contributed by atoms with Gasteiger partial charge in [-0.2, -0.15) is 0 Å². The van der Waals surface area contributed by atoms with Crippen LogP contribution in [0.2, 0.25) is 0 Å². The molecule has 0 unspecified atom stereocenters. The average Bonchev–Trinajstić information content (AvgIpc) is 2.37. The molecule has 1 heterocycles. The Balaban J connectivity index is 1.95. The highest BCUT2D eigenvalue weighted by Crippen LogP contribution is 2.20. The minimum Gasteiger partial charge on any atom is -0.396 e. The highest BCUT2D eigenvalue weighted by Gasteiger charge is 2.17. The van der Waals surface area contributed by atoms with Crippen LogP contribution in [0.1, 0.15) is 44.9 Å². The molecule has 0 atom stereocenters. The maximum absolute atomic E-state index is 8.70. The second-order valence-corrected chi connectivity index (χ2v) is 5.32. The van der Waals surface area contributed by atoms with Gasteiger partial charge in [-0.1, -0.05) is 12.8 Å². The molecular weight excluding hydrogens is 212 g/mol. The third-order valence-corrected chi connectivity index (χ3v) is 3.89. The predicted molar refractivity (Wildman–Crippen MR) is 73.3 cm³/mol. The zero-order valence-corrected chi connectivity index (χ0v) is 11.5. The Morgan fingerprint density at radius 1 is 1.12 bits per heavy atom. The van der Waals surface area contributed by atoms with Gasteiger partial charge in [0.15, 0.2) is 0 Å². The molecule has 102 valence electrons. The molecule has 17 heavy (non-hydrogen) atoms. The fourth-order valence-electron chi connectivity index (χ4n) is 2.65. The van der Waals surface area contributed by atoms with Crippen molar-refractivity contribution in [2.24, 2.45) is 5.92 Å². The van der Waals surface area contributed by atoms with Gasteiger partial charge < -0.3 is 15.3 Å². The van der Waals surface area contributed by atoms with E-state index in [4.69, 9.17) is 5.11 Å². The summed E-state index contributed by atoms with van der Waals surface area (Å²) in [6, 6.07) is 0. The largest absolute Gasteiger partial charge is 0.396 e. The van der Waals surface area contributed by atoms with Crippen LogP contribution in [0.5, 0.6) is 0 Å². The number of nitrogens with zero attached hydrogens (tertiary/aromatic N) is 1. The molecule has 0 aliphatic carbocycles. The lowest BCUT2D eigenvalue weighted by Crippen LogP contribution is -2.35. The number of nitrogens with one attached hydrogen (secondary N) is 1. The van der Waals surface area contributed by atoms with Gasteiger partial charge in [0, 0.05) is 6.61 Å². The standard InChI is InChI=1S/C14H30N2O/c1-15-9-6-14-7-11-16(12-8-14)10-4-2-3-5-13-17/h14-15,17H,2-13H2,1H3. The molecule has 1 aliphatic heterocycles. The molecule has 3 heteroatoms. The minimum atomic E-state index is 0.358. The van der Waals surface area contributed by atoms with Crippen molar-refractivity contribution in [3.05, 3.63) is 0 Å². The number of hydrogen-bond donors (Lipinski definition) is 2. The minimum absolute atomic E-state index is 0.358. The number of hydrogen-bond acceptors (Lipinski definition) is 3. The van der Waals surface area contributed by atoms with Crippen LogP contribution in [-0.4, -0.2) is 49.8 Å². The second-order valence-electron chi connectivity index (χ2n) is 5.32. The van der Waals surface area contributed by atoms with E-state index in [0.29, 0.717) is 6.61 Å². The molecule has 1 aliphatic rings. The molecule has 1 rings (SSSR count). The molecule has 0 saturated carbocycles. The summed E-state index contributed by atoms with van der Waals surface area (Å²) in [6.07, 6.45) is 8.88. The lowest BCUT2D eigenvalue weighted by atomic mass is 9.93. The molecule has 0 radical (unpaired) electrons. The normalized spacial score (nSPS) is 18.7. The molecule has 0 bridgehead atoms. The Morgan fingerprint density at radius 3 is 2.47 bits per heavy atom. The highest BCUT2D eigenvalue weighted by molar-refractivity contribution is 4.72. The van der Waals surface area contributed by atoms with Gasteiger partial charge >= 0.3 is 0 Å². The predicted octanol–water partition coefficient (Wildman–Crippen LogP) is 1.86. The van der Waals surface area contributed by atoms with Crippen LogP contribution >= 0.6 is 0 Å². The number of aliphatic hydroxyl groups is 1. The lowest BCUT2D eigenvalue weighted by molar-refractivity contribution is 0.175. The van der Waals surface area contributed by atoms with Crippen LogP contribution in [0.25, 0.3) is 0 Å². The number of rotatable bonds is 9. The summed E-state index contributed by atoms with van der Waals surface area (Å²) in [6.45, 7) is 5.40. The molecule has 0 aromatic heterocycles. The fourth-order valence-corrected chi connectivity index (χ4v) is 2.65. The third-order valence-electron chi connectivity index (χ3n) is 3.89. The molecule has 0 amide bonds. The summed E-state index contributed by atoms with van der Waals surface area (Å²) in [7, 11) is 2.04. The van der Waals surface area contributed by atoms with Crippen LogP contribution in [0.3, 0.4) is 0 Å². The Kier molecular flexibility index (Phi) is 8.67. The van der Waals surface area contributed by atoms with Crippen molar-refractivity contribution >= 4 is 0 Å². The zero-order valence-electron chi connectivity index (χ0n) is 11.5. The molecule has 0 aromatic carbocycles. The average molecular weight is 242 g/mol. The Morgan fingerprint density at radius 2 is 1.82 bits per heavy atom.